The Morgan fingerprint density at radius 3 is 2.27 bits per heavy atom. The van der Waals surface area contributed by atoms with E-state index in [0.29, 0.717) is 0 Å². The van der Waals surface area contributed by atoms with Gasteiger partial charge in [0, 0.05) is 38.4 Å². The summed E-state index contributed by atoms with van der Waals surface area (Å²) in [4.78, 5) is 17.1. The van der Waals surface area contributed by atoms with Crippen molar-refractivity contribution in [1.29, 1.82) is 0 Å². The second kappa shape index (κ2) is 8.90. The lowest BCUT2D eigenvalue weighted by atomic mass is 9.89. The Bertz CT molecular complexity index is 568. The molecule has 0 spiro atoms. The number of hydrogen-bond acceptors (Lipinski definition) is 2. The Balaban J connectivity index is 1.43. The van der Waals surface area contributed by atoms with Crippen LogP contribution in [0.2, 0.25) is 0 Å². The molecule has 144 valence electrons. The highest BCUT2D eigenvalue weighted by atomic mass is 16.2. The minimum atomic E-state index is 0.0490. The van der Waals surface area contributed by atoms with Crippen molar-refractivity contribution in [3.8, 4) is 0 Å². The van der Waals surface area contributed by atoms with E-state index in [1.807, 2.05) is 17.0 Å². The summed E-state index contributed by atoms with van der Waals surface area (Å²) in [5.41, 5.74) is 2.19. The van der Waals surface area contributed by atoms with Crippen molar-refractivity contribution >= 4 is 11.7 Å². The molecule has 2 aliphatic rings. The van der Waals surface area contributed by atoms with Crippen LogP contribution in [0.4, 0.5) is 10.5 Å². The molecule has 2 aliphatic heterocycles. The van der Waals surface area contributed by atoms with Gasteiger partial charge in [0.1, 0.15) is 0 Å². The van der Waals surface area contributed by atoms with Crippen LogP contribution in [0.1, 0.15) is 45.6 Å². The molecule has 0 aliphatic carbocycles. The van der Waals surface area contributed by atoms with E-state index in [0.717, 1.165) is 55.8 Å². The number of piperidine rings is 2. The second-order valence-corrected chi connectivity index (χ2v) is 8.58. The summed E-state index contributed by atoms with van der Waals surface area (Å²) in [5.74, 6) is 2.38. The van der Waals surface area contributed by atoms with Crippen LogP contribution in [-0.4, -0.2) is 48.6 Å². The minimum absolute atomic E-state index is 0.0490. The summed E-state index contributed by atoms with van der Waals surface area (Å²) in [5, 5.41) is 3.05. The number of nitrogens with one attached hydrogen (secondary N) is 1. The topological polar surface area (TPSA) is 35.6 Å². The van der Waals surface area contributed by atoms with E-state index < -0.39 is 0 Å². The number of likely N-dealkylation sites (tertiary alicyclic amines) is 2. The largest absolute Gasteiger partial charge is 0.325 e. The predicted octanol–water partition coefficient (Wildman–Crippen LogP) is 4.47. The summed E-state index contributed by atoms with van der Waals surface area (Å²) in [6, 6.07) is 8.22. The normalized spacial score (nSPS) is 25.3. The van der Waals surface area contributed by atoms with Crippen molar-refractivity contribution in [2.75, 3.05) is 38.0 Å². The van der Waals surface area contributed by atoms with Crippen LogP contribution in [0, 0.1) is 17.8 Å². The average molecular weight is 358 g/mol. The highest BCUT2D eigenvalue weighted by Gasteiger charge is 2.27. The van der Waals surface area contributed by atoms with E-state index in [4.69, 9.17) is 0 Å². The lowest BCUT2D eigenvalue weighted by molar-refractivity contribution is 0.101. The summed E-state index contributed by atoms with van der Waals surface area (Å²) in [6.07, 6.45) is 4.65. The van der Waals surface area contributed by atoms with E-state index in [9.17, 15) is 4.79 Å². The number of amides is 2. The Morgan fingerprint density at radius 2 is 1.69 bits per heavy atom. The molecule has 1 aromatic carbocycles. The first-order chi connectivity index (χ1) is 12.5. The van der Waals surface area contributed by atoms with Gasteiger partial charge in [-0.05, 0) is 61.1 Å². The minimum Gasteiger partial charge on any atom is -0.325 e. The van der Waals surface area contributed by atoms with Crippen molar-refractivity contribution in [2.24, 2.45) is 17.8 Å². The Labute approximate surface area is 158 Å². The first-order valence-corrected chi connectivity index (χ1v) is 10.4. The number of benzene rings is 1. The Morgan fingerprint density at radius 1 is 1.08 bits per heavy atom. The predicted molar refractivity (Wildman–Crippen MR) is 109 cm³/mol. The summed E-state index contributed by atoms with van der Waals surface area (Å²) in [6.45, 7) is 12.4. The highest BCUT2D eigenvalue weighted by Crippen LogP contribution is 2.25. The fourth-order valence-electron chi connectivity index (χ4n) is 4.65. The highest BCUT2D eigenvalue weighted by molar-refractivity contribution is 5.89. The van der Waals surface area contributed by atoms with Crippen LogP contribution in [-0.2, 0) is 6.42 Å². The van der Waals surface area contributed by atoms with Gasteiger partial charge in [-0.3, -0.25) is 0 Å². The zero-order valence-electron chi connectivity index (χ0n) is 16.7. The number of carbonyl (C=O) groups excluding carboxylic acids is 1. The summed E-state index contributed by atoms with van der Waals surface area (Å²) < 4.78 is 0. The number of aryl methyl sites for hydroxylation is 1. The molecule has 3 rings (SSSR count). The van der Waals surface area contributed by atoms with Crippen molar-refractivity contribution in [3.05, 3.63) is 29.8 Å². The third-order valence-electron chi connectivity index (χ3n) is 5.98. The fraction of sp³-hybridized carbons (Fsp3) is 0.682. The second-order valence-electron chi connectivity index (χ2n) is 8.58. The van der Waals surface area contributed by atoms with Crippen molar-refractivity contribution in [3.63, 3.8) is 0 Å². The molecule has 2 amide bonds. The molecule has 4 nitrogen and oxygen atoms in total. The van der Waals surface area contributed by atoms with E-state index in [1.165, 1.54) is 31.6 Å². The Kier molecular flexibility index (Phi) is 6.58. The van der Waals surface area contributed by atoms with Crippen LogP contribution in [0.15, 0.2) is 24.3 Å². The maximum atomic E-state index is 12.5. The van der Waals surface area contributed by atoms with Crippen LogP contribution in [0.25, 0.3) is 0 Å². The molecule has 2 unspecified atom stereocenters. The quantitative estimate of drug-likeness (QED) is 0.863. The zero-order chi connectivity index (χ0) is 18.5. The lowest BCUT2D eigenvalue weighted by Crippen LogP contribution is -2.46. The van der Waals surface area contributed by atoms with Gasteiger partial charge in [-0.2, -0.15) is 0 Å². The first kappa shape index (κ1) is 19.2. The summed E-state index contributed by atoms with van der Waals surface area (Å²) >= 11 is 0. The molecule has 2 heterocycles. The van der Waals surface area contributed by atoms with Gasteiger partial charge in [0.25, 0.3) is 0 Å². The van der Waals surface area contributed by atoms with Gasteiger partial charge in [0.05, 0.1) is 0 Å². The molecule has 0 aromatic heterocycles. The Hall–Kier alpha value is -1.55. The monoisotopic (exact) mass is 357 g/mol. The van der Waals surface area contributed by atoms with Gasteiger partial charge >= 0.3 is 6.03 Å². The molecule has 2 fully saturated rings. The van der Waals surface area contributed by atoms with E-state index in [-0.39, 0.29) is 6.03 Å². The molecule has 0 radical (unpaired) electrons. The summed E-state index contributed by atoms with van der Waals surface area (Å²) in [7, 11) is 0. The number of nitrogens with zero attached hydrogens (tertiary/aromatic N) is 2. The van der Waals surface area contributed by atoms with E-state index in [2.05, 4.69) is 43.1 Å². The molecule has 26 heavy (non-hydrogen) atoms. The SMILES string of the molecule is CCc1ccc(NC(=O)N2CCC(CN3CC(C)CC(C)C3)CC2)cc1. The fourth-order valence-corrected chi connectivity index (χ4v) is 4.65. The van der Waals surface area contributed by atoms with Crippen molar-refractivity contribution in [2.45, 2.75) is 46.5 Å². The first-order valence-electron chi connectivity index (χ1n) is 10.4. The smallest absolute Gasteiger partial charge is 0.321 e. The van der Waals surface area contributed by atoms with E-state index >= 15 is 0 Å². The molecule has 1 aromatic rings. The molecule has 0 saturated carbocycles. The van der Waals surface area contributed by atoms with Crippen LogP contribution in [0.3, 0.4) is 0 Å². The van der Waals surface area contributed by atoms with Gasteiger partial charge in [-0.15, -0.1) is 0 Å². The molecule has 0 bridgehead atoms. The molecule has 2 saturated heterocycles. The van der Waals surface area contributed by atoms with Gasteiger partial charge in [0.15, 0.2) is 0 Å². The molecule has 2 atom stereocenters. The molecular weight excluding hydrogens is 322 g/mol. The lowest BCUT2D eigenvalue weighted by Gasteiger charge is -2.39. The molecular formula is C22H35N3O. The number of anilines is 1. The van der Waals surface area contributed by atoms with Gasteiger partial charge in [-0.1, -0.05) is 32.9 Å². The third-order valence-corrected chi connectivity index (χ3v) is 5.98. The van der Waals surface area contributed by atoms with Gasteiger partial charge < -0.3 is 15.1 Å². The van der Waals surface area contributed by atoms with Gasteiger partial charge in [0.2, 0.25) is 0 Å². The van der Waals surface area contributed by atoms with E-state index in [1.54, 1.807) is 0 Å². The number of carbonyl (C=O) groups is 1. The number of rotatable bonds is 4. The number of urea groups is 1. The van der Waals surface area contributed by atoms with Crippen molar-refractivity contribution in [1.82, 2.24) is 9.80 Å². The van der Waals surface area contributed by atoms with Crippen LogP contribution in [0.5, 0.6) is 0 Å². The molecule has 1 N–H and O–H groups in total. The standard InChI is InChI=1S/C22H35N3O/c1-4-19-5-7-21(8-6-19)23-22(26)25-11-9-20(10-12-25)16-24-14-17(2)13-18(3)15-24/h5-8,17-18,20H,4,9-16H2,1-3H3,(H,23,26). The zero-order valence-corrected chi connectivity index (χ0v) is 16.7. The van der Waals surface area contributed by atoms with Crippen molar-refractivity contribution < 1.29 is 4.79 Å². The van der Waals surface area contributed by atoms with Crippen LogP contribution < -0.4 is 5.32 Å². The van der Waals surface area contributed by atoms with Crippen LogP contribution >= 0.6 is 0 Å². The number of hydrogen-bond donors (Lipinski definition) is 1. The molecule has 4 heteroatoms. The maximum Gasteiger partial charge on any atom is 0.321 e. The maximum absolute atomic E-state index is 12.5. The third kappa shape index (κ3) is 5.23. The van der Waals surface area contributed by atoms with Gasteiger partial charge in [-0.25, -0.2) is 4.79 Å². The average Bonchev–Trinajstić information content (AvgIpc) is 2.62.